The number of anilines is 1. The predicted octanol–water partition coefficient (Wildman–Crippen LogP) is 2.58. The molecular formula is C14H12N2O2. The third kappa shape index (κ3) is 2.71. The molecule has 0 aliphatic rings. The van der Waals surface area contributed by atoms with Gasteiger partial charge < -0.3 is 15.5 Å². The van der Waals surface area contributed by atoms with E-state index in [0.717, 1.165) is 5.69 Å². The first-order valence-electron chi connectivity index (χ1n) is 5.44. The highest BCUT2D eigenvalue weighted by Crippen LogP contribution is 2.23. The standard InChI is InChI=1S/C14H12N2O2/c15-8-10-1-4-12(5-2-10)16-9-11-3-6-13(17)7-14(11)18/h1-7,16-18H,9H2. The molecule has 4 nitrogen and oxygen atoms in total. The number of aromatic hydroxyl groups is 2. The van der Waals surface area contributed by atoms with E-state index in [0.29, 0.717) is 17.7 Å². The van der Waals surface area contributed by atoms with Crippen LogP contribution in [0.15, 0.2) is 42.5 Å². The molecule has 3 N–H and O–H groups in total. The molecule has 0 aliphatic carbocycles. The Balaban J connectivity index is 2.04. The fourth-order valence-corrected chi connectivity index (χ4v) is 1.56. The summed E-state index contributed by atoms with van der Waals surface area (Å²) in [4.78, 5) is 0. The van der Waals surface area contributed by atoms with Crippen molar-refractivity contribution in [1.29, 1.82) is 5.26 Å². The molecule has 0 fully saturated rings. The molecule has 18 heavy (non-hydrogen) atoms. The maximum atomic E-state index is 9.61. The summed E-state index contributed by atoms with van der Waals surface area (Å²) >= 11 is 0. The molecule has 0 aromatic heterocycles. The summed E-state index contributed by atoms with van der Waals surface area (Å²) in [5, 5.41) is 30.6. The van der Waals surface area contributed by atoms with Crippen molar-refractivity contribution in [3.05, 3.63) is 53.6 Å². The third-order valence-electron chi connectivity index (χ3n) is 2.57. The average Bonchev–Trinajstić information content (AvgIpc) is 2.38. The molecule has 0 atom stereocenters. The summed E-state index contributed by atoms with van der Waals surface area (Å²) in [6, 6.07) is 13.6. The molecule has 90 valence electrons. The van der Waals surface area contributed by atoms with E-state index in [1.807, 2.05) is 6.07 Å². The molecule has 0 saturated heterocycles. The van der Waals surface area contributed by atoms with Crippen molar-refractivity contribution in [3.63, 3.8) is 0 Å². The SMILES string of the molecule is N#Cc1ccc(NCc2ccc(O)cc2O)cc1. The zero-order valence-electron chi connectivity index (χ0n) is 9.59. The van der Waals surface area contributed by atoms with E-state index in [4.69, 9.17) is 10.4 Å². The lowest BCUT2D eigenvalue weighted by atomic mass is 10.1. The fraction of sp³-hybridized carbons (Fsp3) is 0.0714. The minimum absolute atomic E-state index is 0.0367. The minimum Gasteiger partial charge on any atom is -0.508 e. The van der Waals surface area contributed by atoms with Crippen molar-refractivity contribution in [2.24, 2.45) is 0 Å². The summed E-state index contributed by atoms with van der Waals surface area (Å²) in [6.07, 6.45) is 0. The van der Waals surface area contributed by atoms with Gasteiger partial charge in [0.2, 0.25) is 0 Å². The quantitative estimate of drug-likeness (QED) is 0.770. The molecule has 0 aliphatic heterocycles. The van der Waals surface area contributed by atoms with Crippen LogP contribution in [0.4, 0.5) is 5.69 Å². The Hall–Kier alpha value is -2.67. The number of nitrogens with one attached hydrogen (secondary N) is 1. The highest BCUT2D eigenvalue weighted by Gasteiger charge is 2.02. The Morgan fingerprint density at radius 1 is 1.06 bits per heavy atom. The van der Waals surface area contributed by atoms with Crippen LogP contribution in [0.25, 0.3) is 0 Å². The first-order valence-corrected chi connectivity index (χ1v) is 5.44. The van der Waals surface area contributed by atoms with E-state index >= 15 is 0 Å². The zero-order valence-corrected chi connectivity index (χ0v) is 9.59. The van der Waals surface area contributed by atoms with Crippen LogP contribution in [0.1, 0.15) is 11.1 Å². The molecular weight excluding hydrogens is 228 g/mol. The molecule has 0 heterocycles. The normalized spacial score (nSPS) is 9.72. The highest BCUT2D eigenvalue weighted by molar-refractivity contribution is 5.49. The number of nitrogens with zero attached hydrogens (tertiary/aromatic N) is 1. The van der Waals surface area contributed by atoms with Crippen molar-refractivity contribution in [2.45, 2.75) is 6.54 Å². The van der Waals surface area contributed by atoms with Gasteiger partial charge in [0.05, 0.1) is 11.6 Å². The fourth-order valence-electron chi connectivity index (χ4n) is 1.56. The Kier molecular flexibility index (Phi) is 3.35. The van der Waals surface area contributed by atoms with Gasteiger partial charge in [-0.15, -0.1) is 0 Å². The van der Waals surface area contributed by atoms with Crippen LogP contribution in [-0.2, 0) is 6.54 Å². The molecule has 0 bridgehead atoms. The number of rotatable bonds is 3. The summed E-state index contributed by atoms with van der Waals surface area (Å²) < 4.78 is 0. The van der Waals surface area contributed by atoms with Gasteiger partial charge in [-0.2, -0.15) is 5.26 Å². The topological polar surface area (TPSA) is 76.3 Å². The Morgan fingerprint density at radius 3 is 2.39 bits per heavy atom. The number of hydrogen-bond donors (Lipinski definition) is 3. The number of nitriles is 1. The molecule has 4 heteroatoms. The monoisotopic (exact) mass is 240 g/mol. The lowest BCUT2D eigenvalue weighted by molar-refractivity contribution is 0.446. The second-order valence-electron chi connectivity index (χ2n) is 3.86. The van der Waals surface area contributed by atoms with Gasteiger partial charge in [0, 0.05) is 23.9 Å². The lowest BCUT2D eigenvalue weighted by Gasteiger charge is -2.08. The number of hydrogen-bond acceptors (Lipinski definition) is 4. The van der Waals surface area contributed by atoms with Crippen molar-refractivity contribution in [2.75, 3.05) is 5.32 Å². The predicted molar refractivity (Wildman–Crippen MR) is 68.3 cm³/mol. The Morgan fingerprint density at radius 2 is 1.78 bits per heavy atom. The van der Waals surface area contributed by atoms with Crippen molar-refractivity contribution in [1.82, 2.24) is 0 Å². The van der Waals surface area contributed by atoms with Crippen LogP contribution in [0.3, 0.4) is 0 Å². The molecule has 2 rings (SSSR count). The minimum atomic E-state index is 0.0367. The Labute approximate surface area is 105 Å². The van der Waals surface area contributed by atoms with Gasteiger partial charge in [-0.25, -0.2) is 0 Å². The van der Waals surface area contributed by atoms with Crippen LogP contribution < -0.4 is 5.32 Å². The van der Waals surface area contributed by atoms with Crippen LogP contribution in [-0.4, -0.2) is 10.2 Å². The van der Waals surface area contributed by atoms with Crippen molar-refractivity contribution < 1.29 is 10.2 Å². The second-order valence-corrected chi connectivity index (χ2v) is 3.86. The van der Waals surface area contributed by atoms with Crippen LogP contribution >= 0.6 is 0 Å². The van der Waals surface area contributed by atoms with E-state index < -0.39 is 0 Å². The number of phenolic OH excluding ortho intramolecular Hbond substituents is 2. The third-order valence-corrected chi connectivity index (χ3v) is 2.57. The molecule has 2 aromatic carbocycles. The molecule has 0 spiro atoms. The van der Waals surface area contributed by atoms with Gasteiger partial charge in [0.15, 0.2) is 0 Å². The average molecular weight is 240 g/mol. The number of benzene rings is 2. The summed E-state index contributed by atoms with van der Waals surface area (Å²) in [5.74, 6) is 0.0887. The number of phenols is 2. The van der Waals surface area contributed by atoms with Gasteiger partial charge in [0.25, 0.3) is 0 Å². The van der Waals surface area contributed by atoms with E-state index in [9.17, 15) is 5.11 Å². The second kappa shape index (κ2) is 5.11. The maximum absolute atomic E-state index is 9.61. The molecule has 0 saturated carbocycles. The van der Waals surface area contributed by atoms with Gasteiger partial charge in [0.1, 0.15) is 11.5 Å². The van der Waals surface area contributed by atoms with E-state index in [2.05, 4.69) is 5.32 Å². The molecule has 0 amide bonds. The lowest BCUT2D eigenvalue weighted by Crippen LogP contribution is -1.99. The summed E-state index contributed by atoms with van der Waals surface area (Å²) in [6.45, 7) is 0.442. The van der Waals surface area contributed by atoms with Gasteiger partial charge in [-0.3, -0.25) is 0 Å². The first-order chi connectivity index (χ1) is 8.69. The molecule has 0 unspecified atom stereocenters. The van der Waals surface area contributed by atoms with E-state index in [1.165, 1.54) is 12.1 Å². The zero-order chi connectivity index (χ0) is 13.0. The van der Waals surface area contributed by atoms with E-state index in [1.54, 1.807) is 30.3 Å². The highest BCUT2D eigenvalue weighted by atomic mass is 16.3. The summed E-state index contributed by atoms with van der Waals surface area (Å²) in [7, 11) is 0. The van der Waals surface area contributed by atoms with Crippen molar-refractivity contribution >= 4 is 5.69 Å². The van der Waals surface area contributed by atoms with Gasteiger partial charge in [-0.1, -0.05) is 0 Å². The maximum Gasteiger partial charge on any atom is 0.124 e. The molecule has 0 radical (unpaired) electrons. The van der Waals surface area contributed by atoms with Crippen LogP contribution in [0.5, 0.6) is 11.5 Å². The van der Waals surface area contributed by atoms with Gasteiger partial charge >= 0.3 is 0 Å². The first kappa shape index (κ1) is 11.8. The molecule has 2 aromatic rings. The van der Waals surface area contributed by atoms with Crippen molar-refractivity contribution in [3.8, 4) is 17.6 Å². The smallest absolute Gasteiger partial charge is 0.124 e. The largest absolute Gasteiger partial charge is 0.508 e. The van der Waals surface area contributed by atoms with Crippen LogP contribution in [0, 0.1) is 11.3 Å². The van der Waals surface area contributed by atoms with Gasteiger partial charge in [-0.05, 0) is 36.4 Å². The van der Waals surface area contributed by atoms with E-state index in [-0.39, 0.29) is 11.5 Å². The van der Waals surface area contributed by atoms with Crippen LogP contribution in [0.2, 0.25) is 0 Å². The Bertz CT molecular complexity index is 586. The summed E-state index contributed by atoms with van der Waals surface area (Å²) in [5.41, 5.74) is 2.16.